The van der Waals surface area contributed by atoms with Gasteiger partial charge in [-0.3, -0.25) is 4.79 Å². The molecule has 2 aliphatic rings. The highest BCUT2D eigenvalue weighted by Crippen LogP contribution is 2.39. The maximum absolute atomic E-state index is 14.1. The van der Waals surface area contributed by atoms with Crippen LogP contribution in [-0.2, 0) is 4.79 Å². The number of para-hydroxylation sites is 2. The predicted octanol–water partition coefficient (Wildman–Crippen LogP) is 5.45. The Bertz CT molecular complexity index is 1320. The fraction of sp³-hybridized carbons (Fsp3) is 0.464. The number of tetrazole rings is 1. The second-order valence-electron chi connectivity index (χ2n) is 10.3. The van der Waals surface area contributed by atoms with Gasteiger partial charge in [0, 0.05) is 17.2 Å². The normalized spacial score (nSPS) is 18.3. The van der Waals surface area contributed by atoms with E-state index in [4.69, 9.17) is 4.98 Å². The molecule has 0 bridgehead atoms. The number of rotatable bonds is 6. The number of aromatic amines is 1. The number of carbonyl (C=O) groups excluding carboxylic acids is 1. The molecule has 0 saturated heterocycles. The van der Waals surface area contributed by atoms with Gasteiger partial charge >= 0.3 is 0 Å². The Hall–Kier alpha value is -3.55. The van der Waals surface area contributed by atoms with Crippen LogP contribution in [-0.4, -0.2) is 42.1 Å². The number of benzene rings is 2. The summed E-state index contributed by atoms with van der Waals surface area (Å²) in [6.45, 7) is 0. The number of nitrogens with one attached hydrogen (secondary N) is 2. The smallest absolute Gasteiger partial charge is 0.243 e. The SMILES string of the molecule is O=C(NC1CCCCC1)C(C1CCCCC1)n1c(-c2cccc(-c3nn[nH]n3)c2)nc2ccccc21. The first-order chi connectivity index (χ1) is 17.8. The zero-order valence-electron chi connectivity index (χ0n) is 20.6. The molecule has 2 N–H and O–H groups in total. The maximum atomic E-state index is 14.1. The van der Waals surface area contributed by atoms with Gasteiger partial charge in [-0.15, -0.1) is 10.2 Å². The number of aromatic nitrogens is 6. The molecule has 8 heteroatoms. The van der Waals surface area contributed by atoms with E-state index in [1.54, 1.807) is 0 Å². The van der Waals surface area contributed by atoms with Crippen LogP contribution in [0.5, 0.6) is 0 Å². The van der Waals surface area contributed by atoms with Gasteiger partial charge in [0.15, 0.2) is 0 Å². The van der Waals surface area contributed by atoms with E-state index in [1.807, 2.05) is 36.4 Å². The summed E-state index contributed by atoms with van der Waals surface area (Å²) in [7, 11) is 0. The van der Waals surface area contributed by atoms with Gasteiger partial charge in [0.25, 0.3) is 0 Å². The summed E-state index contributed by atoms with van der Waals surface area (Å²) in [5, 5.41) is 18.0. The Morgan fingerprint density at radius 3 is 2.44 bits per heavy atom. The van der Waals surface area contributed by atoms with Gasteiger partial charge < -0.3 is 9.88 Å². The molecule has 2 aromatic carbocycles. The van der Waals surface area contributed by atoms with Crippen molar-refractivity contribution in [2.45, 2.75) is 76.3 Å². The van der Waals surface area contributed by atoms with Crippen LogP contribution in [0.25, 0.3) is 33.8 Å². The first-order valence-corrected chi connectivity index (χ1v) is 13.4. The van der Waals surface area contributed by atoms with E-state index in [0.717, 1.165) is 53.7 Å². The third-order valence-corrected chi connectivity index (χ3v) is 7.91. The Balaban J connectivity index is 1.47. The molecule has 2 fully saturated rings. The standard InChI is InChI=1S/C28H33N7O/c36-28(29-22-14-5-2-6-15-22)25(19-10-3-1-4-11-19)35-24-17-8-7-16-23(24)30-27(35)21-13-9-12-20(18-21)26-31-33-34-32-26/h7-9,12-13,16-19,22,25H,1-6,10-11,14-15H2,(H,29,36)(H,31,32,33,34). The maximum Gasteiger partial charge on any atom is 0.243 e. The van der Waals surface area contributed by atoms with E-state index < -0.39 is 0 Å². The first kappa shape index (κ1) is 22.9. The molecular weight excluding hydrogens is 450 g/mol. The van der Waals surface area contributed by atoms with Crippen LogP contribution in [0.3, 0.4) is 0 Å². The molecule has 2 aliphatic carbocycles. The van der Waals surface area contributed by atoms with Gasteiger partial charge in [0.2, 0.25) is 11.7 Å². The van der Waals surface area contributed by atoms with Crippen LogP contribution in [0.2, 0.25) is 0 Å². The van der Waals surface area contributed by atoms with Crippen molar-refractivity contribution in [3.63, 3.8) is 0 Å². The molecular formula is C28H33N7O. The quantitative estimate of drug-likeness (QED) is 0.380. The van der Waals surface area contributed by atoms with Crippen LogP contribution in [0.1, 0.15) is 70.3 Å². The molecule has 2 aromatic heterocycles. The number of fused-ring (bicyclic) bond motifs is 1. The number of carbonyl (C=O) groups is 1. The van der Waals surface area contributed by atoms with Crippen LogP contribution < -0.4 is 5.32 Å². The molecule has 4 aromatic rings. The lowest BCUT2D eigenvalue weighted by molar-refractivity contribution is -0.127. The van der Waals surface area contributed by atoms with Crippen molar-refractivity contribution in [2.24, 2.45) is 5.92 Å². The van der Waals surface area contributed by atoms with Crippen LogP contribution in [0, 0.1) is 5.92 Å². The van der Waals surface area contributed by atoms with E-state index in [2.05, 4.69) is 42.6 Å². The monoisotopic (exact) mass is 483 g/mol. The Kier molecular flexibility index (Phi) is 6.49. The van der Waals surface area contributed by atoms with E-state index in [-0.39, 0.29) is 18.0 Å². The van der Waals surface area contributed by atoms with Crippen molar-refractivity contribution in [2.75, 3.05) is 0 Å². The molecule has 186 valence electrons. The summed E-state index contributed by atoms with van der Waals surface area (Å²) in [6, 6.07) is 16.2. The van der Waals surface area contributed by atoms with Gasteiger partial charge in [0.1, 0.15) is 11.9 Å². The minimum atomic E-state index is -0.288. The summed E-state index contributed by atoms with van der Waals surface area (Å²) < 4.78 is 2.22. The zero-order valence-corrected chi connectivity index (χ0v) is 20.6. The van der Waals surface area contributed by atoms with Crippen LogP contribution >= 0.6 is 0 Å². The molecule has 2 saturated carbocycles. The number of amides is 1. The topological polar surface area (TPSA) is 101 Å². The summed E-state index contributed by atoms with van der Waals surface area (Å²) in [6.07, 6.45) is 11.5. The summed E-state index contributed by atoms with van der Waals surface area (Å²) in [4.78, 5) is 19.2. The molecule has 1 amide bonds. The van der Waals surface area contributed by atoms with Gasteiger partial charge in [0.05, 0.1) is 11.0 Å². The second kappa shape index (κ2) is 10.2. The highest BCUT2D eigenvalue weighted by Gasteiger charge is 2.35. The molecule has 6 rings (SSSR count). The van der Waals surface area contributed by atoms with E-state index >= 15 is 0 Å². The van der Waals surface area contributed by atoms with Crippen molar-refractivity contribution in [3.05, 3.63) is 48.5 Å². The third kappa shape index (κ3) is 4.52. The van der Waals surface area contributed by atoms with E-state index in [0.29, 0.717) is 11.7 Å². The Morgan fingerprint density at radius 1 is 0.917 bits per heavy atom. The van der Waals surface area contributed by atoms with Crippen molar-refractivity contribution in [1.29, 1.82) is 0 Å². The van der Waals surface area contributed by atoms with Crippen molar-refractivity contribution < 1.29 is 4.79 Å². The summed E-state index contributed by atoms with van der Waals surface area (Å²) in [5.74, 6) is 1.79. The average molecular weight is 484 g/mol. The minimum Gasteiger partial charge on any atom is -0.352 e. The molecule has 8 nitrogen and oxygen atoms in total. The minimum absolute atomic E-state index is 0.146. The van der Waals surface area contributed by atoms with Crippen molar-refractivity contribution in [1.82, 2.24) is 35.5 Å². The second-order valence-corrected chi connectivity index (χ2v) is 10.3. The summed E-state index contributed by atoms with van der Waals surface area (Å²) in [5.41, 5.74) is 3.72. The molecule has 0 radical (unpaired) electrons. The number of nitrogens with zero attached hydrogens (tertiary/aromatic N) is 5. The largest absolute Gasteiger partial charge is 0.352 e. The van der Waals surface area contributed by atoms with Crippen molar-refractivity contribution >= 4 is 16.9 Å². The third-order valence-electron chi connectivity index (χ3n) is 7.91. The highest BCUT2D eigenvalue weighted by molar-refractivity contribution is 5.88. The van der Waals surface area contributed by atoms with E-state index in [1.165, 1.54) is 38.5 Å². The summed E-state index contributed by atoms with van der Waals surface area (Å²) >= 11 is 0. The molecule has 36 heavy (non-hydrogen) atoms. The number of hydrogen-bond donors (Lipinski definition) is 2. The Labute approximate surface area is 210 Å². The molecule has 0 aliphatic heterocycles. The lowest BCUT2D eigenvalue weighted by Gasteiger charge is -2.33. The molecule has 2 heterocycles. The lowest BCUT2D eigenvalue weighted by Crippen LogP contribution is -2.43. The fourth-order valence-corrected chi connectivity index (χ4v) is 6.14. The first-order valence-electron chi connectivity index (χ1n) is 13.4. The van der Waals surface area contributed by atoms with Crippen LogP contribution in [0.15, 0.2) is 48.5 Å². The highest BCUT2D eigenvalue weighted by atomic mass is 16.2. The molecule has 1 atom stereocenters. The van der Waals surface area contributed by atoms with Gasteiger partial charge in [-0.2, -0.15) is 5.21 Å². The predicted molar refractivity (Wildman–Crippen MR) is 139 cm³/mol. The fourth-order valence-electron chi connectivity index (χ4n) is 6.14. The Morgan fingerprint density at radius 2 is 1.67 bits per heavy atom. The zero-order chi connectivity index (χ0) is 24.3. The lowest BCUT2D eigenvalue weighted by atomic mass is 9.82. The van der Waals surface area contributed by atoms with Gasteiger partial charge in [-0.05, 0) is 55.0 Å². The number of hydrogen-bond acceptors (Lipinski definition) is 5. The average Bonchev–Trinajstić information content (AvgIpc) is 3.60. The van der Waals surface area contributed by atoms with Crippen LogP contribution in [0.4, 0.5) is 0 Å². The number of imidazole rings is 1. The molecule has 1 unspecified atom stereocenters. The molecule has 0 spiro atoms. The van der Waals surface area contributed by atoms with E-state index in [9.17, 15) is 4.79 Å². The number of H-pyrrole nitrogens is 1. The van der Waals surface area contributed by atoms with Gasteiger partial charge in [-0.25, -0.2) is 4.98 Å². The van der Waals surface area contributed by atoms with Crippen molar-refractivity contribution in [3.8, 4) is 22.8 Å². The van der Waals surface area contributed by atoms with Gasteiger partial charge in [-0.1, -0.05) is 68.9 Å².